The number of rotatable bonds is 9. The van der Waals surface area contributed by atoms with Crippen LogP contribution in [-0.4, -0.2) is 20.1 Å². The van der Waals surface area contributed by atoms with Crippen LogP contribution in [0.2, 0.25) is 0 Å². The second-order valence-corrected chi connectivity index (χ2v) is 9.65. The summed E-state index contributed by atoms with van der Waals surface area (Å²) < 4.78 is 33.0. The van der Waals surface area contributed by atoms with E-state index in [1.807, 2.05) is 35.9 Å². The summed E-state index contributed by atoms with van der Waals surface area (Å²) in [7, 11) is -3.61. The van der Waals surface area contributed by atoms with E-state index in [1.165, 1.54) is 34.8 Å². The number of thiophene rings is 2. The monoisotopic (exact) mass is 423 g/mol. The van der Waals surface area contributed by atoms with Gasteiger partial charge in [-0.1, -0.05) is 6.92 Å². The van der Waals surface area contributed by atoms with Crippen LogP contribution in [-0.2, 0) is 16.6 Å². The molecule has 0 bridgehead atoms. The highest BCUT2D eigenvalue weighted by Crippen LogP contribution is 2.29. The Hall–Kier alpha value is -1.71. The molecule has 1 unspecified atom stereocenters. The topological polar surface area (TPSA) is 75.6 Å². The zero-order chi connectivity index (χ0) is 19.3. The molecule has 0 aliphatic heterocycles. The van der Waals surface area contributed by atoms with Crippen molar-refractivity contribution in [2.45, 2.75) is 30.9 Å². The molecular formula is C19H21NO4S3. The molecule has 3 aromatic rings. The number of aliphatic hydroxyl groups excluding tert-OH is 1. The summed E-state index contributed by atoms with van der Waals surface area (Å²) in [5, 5.41) is 14.2. The van der Waals surface area contributed by atoms with Gasteiger partial charge in [-0.25, -0.2) is 13.1 Å². The molecule has 0 spiro atoms. The third kappa shape index (κ3) is 5.18. The minimum atomic E-state index is -3.61. The van der Waals surface area contributed by atoms with Crippen molar-refractivity contribution in [3.05, 3.63) is 68.5 Å². The quantitative estimate of drug-likeness (QED) is 0.542. The SMILES string of the molecule is CCCOc1ccc(S(=O)(=O)NCc2ccc(C(O)c3ccsc3)s2)cc1. The van der Waals surface area contributed by atoms with Gasteiger partial charge in [-0.05, 0) is 65.2 Å². The average molecular weight is 424 g/mol. The minimum absolute atomic E-state index is 0.178. The van der Waals surface area contributed by atoms with Crippen molar-refractivity contribution in [2.24, 2.45) is 0 Å². The number of aliphatic hydroxyl groups is 1. The summed E-state index contributed by atoms with van der Waals surface area (Å²) in [6, 6.07) is 11.9. The van der Waals surface area contributed by atoms with E-state index in [0.717, 1.165) is 21.7 Å². The van der Waals surface area contributed by atoms with Gasteiger partial charge in [0.1, 0.15) is 11.9 Å². The van der Waals surface area contributed by atoms with E-state index in [4.69, 9.17) is 4.74 Å². The van der Waals surface area contributed by atoms with Gasteiger partial charge in [0.25, 0.3) is 0 Å². The first kappa shape index (κ1) is 20.0. The fourth-order valence-electron chi connectivity index (χ4n) is 2.42. The van der Waals surface area contributed by atoms with Crippen molar-refractivity contribution in [3.8, 4) is 5.75 Å². The fraction of sp³-hybridized carbons (Fsp3) is 0.263. The van der Waals surface area contributed by atoms with Crippen LogP contribution in [0, 0.1) is 0 Å². The van der Waals surface area contributed by atoms with Crippen LogP contribution in [0.1, 0.15) is 34.8 Å². The molecule has 0 radical (unpaired) electrons. The van der Waals surface area contributed by atoms with Crippen molar-refractivity contribution < 1.29 is 18.3 Å². The summed E-state index contributed by atoms with van der Waals surface area (Å²) in [6.45, 7) is 2.79. The fourth-order valence-corrected chi connectivity index (χ4v) is 5.16. The Morgan fingerprint density at radius 3 is 2.59 bits per heavy atom. The van der Waals surface area contributed by atoms with Gasteiger partial charge >= 0.3 is 0 Å². The van der Waals surface area contributed by atoms with Crippen LogP contribution < -0.4 is 9.46 Å². The molecule has 2 heterocycles. The molecule has 1 atom stereocenters. The predicted octanol–water partition coefficient (Wildman–Crippen LogP) is 4.16. The summed E-state index contributed by atoms with van der Waals surface area (Å²) >= 11 is 2.92. The molecule has 8 heteroatoms. The Balaban J connectivity index is 1.62. The molecule has 0 saturated carbocycles. The number of nitrogens with one attached hydrogen (secondary N) is 1. The standard InChI is InChI=1S/C19H21NO4S3/c1-2-10-24-15-3-6-17(7-4-15)27(22,23)20-12-16-5-8-18(26-16)19(21)14-9-11-25-13-14/h3-9,11,13,19-21H,2,10,12H2,1H3. The van der Waals surface area contributed by atoms with Gasteiger partial charge in [0, 0.05) is 16.3 Å². The Labute approximate surface area is 167 Å². The van der Waals surface area contributed by atoms with Crippen molar-refractivity contribution >= 4 is 32.7 Å². The second-order valence-electron chi connectivity index (χ2n) is 5.91. The third-order valence-electron chi connectivity index (χ3n) is 3.85. The highest BCUT2D eigenvalue weighted by atomic mass is 32.2. The van der Waals surface area contributed by atoms with Crippen LogP contribution >= 0.6 is 22.7 Å². The van der Waals surface area contributed by atoms with Gasteiger partial charge in [0.15, 0.2) is 0 Å². The molecule has 0 amide bonds. The number of sulfonamides is 1. The van der Waals surface area contributed by atoms with Gasteiger partial charge in [0.2, 0.25) is 10.0 Å². The maximum absolute atomic E-state index is 12.5. The van der Waals surface area contributed by atoms with Crippen molar-refractivity contribution in [3.63, 3.8) is 0 Å². The molecule has 144 valence electrons. The summed E-state index contributed by atoms with van der Waals surface area (Å²) in [5.41, 5.74) is 0.847. The Kier molecular flexibility index (Phi) is 6.67. The van der Waals surface area contributed by atoms with Crippen molar-refractivity contribution in [2.75, 3.05) is 6.61 Å². The molecule has 0 saturated heterocycles. The van der Waals surface area contributed by atoms with Gasteiger partial charge in [-0.3, -0.25) is 0 Å². The highest BCUT2D eigenvalue weighted by Gasteiger charge is 2.16. The molecule has 0 fully saturated rings. The average Bonchev–Trinajstić information content (AvgIpc) is 3.36. The maximum Gasteiger partial charge on any atom is 0.240 e. The maximum atomic E-state index is 12.5. The molecule has 1 aromatic carbocycles. The lowest BCUT2D eigenvalue weighted by atomic mass is 10.2. The van der Waals surface area contributed by atoms with Crippen LogP contribution in [0.4, 0.5) is 0 Å². The lowest BCUT2D eigenvalue weighted by Crippen LogP contribution is -2.22. The summed E-state index contributed by atoms with van der Waals surface area (Å²) in [5.74, 6) is 0.654. The van der Waals surface area contributed by atoms with Crippen LogP contribution in [0.5, 0.6) is 5.75 Å². The smallest absolute Gasteiger partial charge is 0.240 e. The van der Waals surface area contributed by atoms with E-state index in [9.17, 15) is 13.5 Å². The molecule has 3 rings (SSSR count). The number of ether oxygens (including phenoxy) is 1. The minimum Gasteiger partial charge on any atom is -0.494 e. The molecule has 2 N–H and O–H groups in total. The van der Waals surface area contributed by atoms with Crippen molar-refractivity contribution in [1.82, 2.24) is 4.72 Å². The molecule has 0 aliphatic carbocycles. The van der Waals surface area contributed by atoms with Crippen LogP contribution in [0.25, 0.3) is 0 Å². The summed E-state index contributed by atoms with van der Waals surface area (Å²) in [6.07, 6.45) is 0.216. The third-order valence-corrected chi connectivity index (χ3v) is 7.11. The van der Waals surface area contributed by atoms with Crippen LogP contribution in [0.15, 0.2) is 58.1 Å². The normalized spacial score (nSPS) is 12.8. The number of hydrogen-bond donors (Lipinski definition) is 2. The Bertz CT molecular complexity index is 947. The zero-order valence-corrected chi connectivity index (χ0v) is 17.2. The van der Waals surface area contributed by atoms with Crippen molar-refractivity contribution in [1.29, 1.82) is 0 Å². The van der Waals surface area contributed by atoms with Gasteiger partial charge in [-0.15, -0.1) is 11.3 Å². The zero-order valence-electron chi connectivity index (χ0n) is 14.8. The molecular weight excluding hydrogens is 402 g/mol. The molecule has 5 nitrogen and oxygen atoms in total. The predicted molar refractivity (Wildman–Crippen MR) is 109 cm³/mol. The number of benzene rings is 1. The van der Waals surface area contributed by atoms with Gasteiger partial charge in [0.05, 0.1) is 11.5 Å². The highest BCUT2D eigenvalue weighted by molar-refractivity contribution is 7.89. The van der Waals surface area contributed by atoms with E-state index >= 15 is 0 Å². The first-order chi connectivity index (χ1) is 13.0. The summed E-state index contributed by atoms with van der Waals surface area (Å²) in [4.78, 5) is 1.83. The Morgan fingerprint density at radius 1 is 1.15 bits per heavy atom. The van der Waals surface area contributed by atoms with Gasteiger partial charge < -0.3 is 9.84 Å². The van der Waals surface area contributed by atoms with E-state index in [2.05, 4.69) is 4.72 Å². The lowest BCUT2D eigenvalue weighted by molar-refractivity contribution is 0.224. The second kappa shape index (κ2) is 8.99. The molecule has 27 heavy (non-hydrogen) atoms. The van der Waals surface area contributed by atoms with E-state index in [1.54, 1.807) is 12.1 Å². The van der Waals surface area contributed by atoms with E-state index in [0.29, 0.717) is 12.4 Å². The molecule has 2 aromatic heterocycles. The molecule has 0 aliphatic rings. The first-order valence-electron chi connectivity index (χ1n) is 8.51. The van der Waals surface area contributed by atoms with Crippen LogP contribution in [0.3, 0.4) is 0 Å². The first-order valence-corrected chi connectivity index (χ1v) is 11.7. The van der Waals surface area contributed by atoms with Gasteiger partial charge in [-0.2, -0.15) is 11.3 Å². The largest absolute Gasteiger partial charge is 0.494 e. The number of hydrogen-bond acceptors (Lipinski definition) is 6. The Morgan fingerprint density at radius 2 is 1.93 bits per heavy atom. The van der Waals surface area contributed by atoms with E-state index in [-0.39, 0.29) is 11.4 Å². The lowest BCUT2D eigenvalue weighted by Gasteiger charge is -2.08. The van der Waals surface area contributed by atoms with E-state index < -0.39 is 16.1 Å².